The maximum absolute atomic E-state index is 14.1. The number of nitrogens with zero attached hydrogens (tertiary/aromatic N) is 1. The first-order valence-electron chi connectivity index (χ1n) is 6.45. The van der Waals surface area contributed by atoms with Crippen LogP contribution in [0.4, 0.5) is 8.78 Å². The topological polar surface area (TPSA) is 45.8 Å². The van der Waals surface area contributed by atoms with Crippen LogP contribution in [0.2, 0.25) is 0 Å². The summed E-state index contributed by atoms with van der Waals surface area (Å²) in [7, 11) is 0. The summed E-state index contributed by atoms with van der Waals surface area (Å²) in [6, 6.07) is 3.37. The standard InChI is InChI=1S/C14H14F2N2O/c1-2-7-3-4-10-13(11(7)16)18-14(19)12(17-10)8-5-9(15)6-8/h3-4,8-9H,2,5-6H2,1H3,(H,18,19). The number of fused-ring (bicyclic) bond motifs is 1. The molecule has 5 heteroatoms. The predicted octanol–water partition coefficient (Wildman–Crippen LogP) is 2.84. The number of alkyl halides is 1. The predicted molar refractivity (Wildman–Crippen MR) is 68.6 cm³/mol. The van der Waals surface area contributed by atoms with Crippen LogP contribution in [0.15, 0.2) is 16.9 Å². The largest absolute Gasteiger partial charge is 0.317 e. The second-order valence-electron chi connectivity index (χ2n) is 5.00. The highest BCUT2D eigenvalue weighted by atomic mass is 19.1. The smallest absolute Gasteiger partial charge is 0.270 e. The number of nitrogens with one attached hydrogen (secondary N) is 1. The Labute approximate surface area is 108 Å². The summed E-state index contributed by atoms with van der Waals surface area (Å²) in [4.78, 5) is 18.7. The zero-order valence-corrected chi connectivity index (χ0v) is 10.5. The molecule has 1 heterocycles. The minimum Gasteiger partial charge on any atom is -0.317 e. The van der Waals surface area contributed by atoms with E-state index >= 15 is 0 Å². The Morgan fingerprint density at radius 2 is 2.16 bits per heavy atom. The van der Waals surface area contributed by atoms with Crippen molar-refractivity contribution in [2.45, 2.75) is 38.3 Å². The van der Waals surface area contributed by atoms with Gasteiger partial charge in [-0.05, 0) is 30.9 Å². The summed E-state index contributed by atoms with van der Waals surface area (Å²) in [6.07, 6.45) is 0.368. The highest BCUT2D eigenvalue weighted by molar-refractivity contribution is 5.75. The number of rotatable bonds is 2. The molecule has 1 aliphatic carbocycles. The van der Waals surface area contributed by atoms with Gasteiger partial charge >= 0.3 is 0 Å². The van der Waals surface area contributed by atoms with Crippen molar-refractivity contribution in [1.82, 2.24) is 9.97 Å². The van der Waals surface area contributed by atoms with E-state index < -0.39 is 17.5 Å². The van der Waals surface area contributed by atoms with E-state index in [1.807, 2.05) is 6.92 Å². The van der Waals surface area contributed by atoms with Crippen molar-refractivity contribution in [2.75, 3.05) is 0 Å². The molecular formula is C14H14F2N2O. The third kappa shape index (κ3) is 1.93. The van der Waals surface area contributed by atoms with Crippen molar-refractivity contribution in [3.8, 4) is 0 Å². The first-order chi connectivity index (χ1) is 9.10. The molecule has 19 heavy (non-hydrogen) atoms. The van der Waals surface area contributed by atoms with Gasteiger partial charge in [-0.1, -0.05) is 13.0 Å². The Hall–Kier alpha value is -1.78. The van der Waals surface area contributed by atoms with Gasteiger partial charge in [0, 0.05) is 5.92 Å². The molecule has 0 bridgehead atoms. The Bertz CT molecular complexity index is 690. The molecule has 0 amide bonds. The highest BCUT2D eigenvalue weighted by Gasteiger charge is 2.33. The van der Waals surface area contributed by atoms with Gasteiger partial charge in [0.25, 0.3) is 5.56 Å². The highest BCUT2D eigenvalue weighted by Crippen LogP contribution is 2.36. The van der Waals surface area contributed by atoms with E-state index in [1.165, 1.54) is 0 Å². The van der Waals surface area contributed by atoms with Crippen molar-refractivity contribution < 1.29 is 8.78 Å². The molecule has 0 saturated heterocycles. The Morgan fingerprint density at radius 1 is 1.42 bits per heavy atom. The van der Waals surface area contributed by atoms with Crippen molar-refractivity contribution in [1.29, 1.82) is 0 Å². The van der Waals surface area contributed by atoms with Gasteiger partial charge in [0.15, 0.2) is 5.82 Å². The van der Waals surface area contributed by atoms with Crippen LogP contribution >= 0.6 is 0 Å². The Balaban J connectivity index is 2.14. The lowest BCUT2D eigenvalue weighted by Crippen LogP contribution is -2.29. The number of aryl methyl sites for hydroxylation is 1. The summed E-state index contributed by atoms with van der Waals surface area (Å²) in [5.41, 5.74) is 1.03. The zero-order chi connectivity index (χ0) is 13.6. The van der Waals surface area contributed by atoms with E-state index in [4.69, 9.17) is 0 Å². The molecule has 1 saturated carbocycles. The van der Waals surface area contributed by atoms with Crippen LogP contribution in [0.3, 0.4) is 0 Å². The minimum atomic E-state index is -0.846. The second-order valence-corrected chi connectivity index (χ2v) is 5.00. The summed E-state index contributed by atoms with van der Waals surface area (Å²) in [6.45, 7) is 1.85. The van der Waals surface area contributed by atoms with Gasteiger partial charge in [0.05, 0.1) is 5.52 Å². The van der Waals surface area contributed by atoms with E-state index in [0.29, 0.717) is 36.0 Å². The number of hydrogen-bond donors (Lipinski definition) is 1. The SMILES string of the molecule is CCc1ccc2nc(C3CC(F)C3)c(=O)[nH]c2c1F. The maximum atomic E-state index is 14.1. The van der Waals surface area contributed by atoms with Crippen LogP contribution in [0, 0.1) is 5.82 Å². The van der Waals surface area contributed by atoms with Gasteiger partial charge < -0.3 is 4.98 Å². The van der Waals surface area contributed by atoms with Crippen LogP contribution < -0.4 is 5.56 Å². The fourth-order valence-electron chi connectivity index (χ4n) is 2.50. The monoisotopic (exact) mass is 264 g/mol. The average molecular weight is 264 g/mol. The third-order valence-electron chi connectivity index (χ3n) is 3.76. The molecule has 1 aromatic carbocycles. The van der Waals surface area contributed by atoms with Crippen LogP contribution in [-0.4, -0.2) is 16.1 Å². The molecule has 0 unspecified atom stereocenters. The molecule has 2 aromatic rings. The summed E-state index contributed by atoms with van der Waals surface area (Å²) >= 11 is 0. The van der Waals surface area contributed by atoms with Gasteiger partial charge in [0.1, 0.15) is 17.4 Å². The summed E-state index contributed by atoms with van der Waals surface area (Å²) in [5.74, 6) is -0.565. The van der Waals surface area contributed by atoms with Crippen molar-refractivity contribution in [3.05, 3.63) is 39.6 Å². The number of benzene rings is 1. The minimum absolute atomic E-state index is 0.142. The number of halogens is 2. The molecule has 0 aliphatic heterocycles. The van der Waals surface area contributed by atoms with E-state index in [0.717, 1.165) is 0 Å². The van der Waals surface area contributed by atoms with E-state index in [-0.39, 0.29) is 11.4 Å². The zero-order valence-electron chi connectivity index (χ0n) is 10.5. The molecule has 1 aromatic heterocycles. The Morgan fingerprint density at radius 3 is 2.79 bits per heavy atom. The van der Waals surface area contributed by atoms with Gasteiger partial charge in [0.2, 0.25) is 0 Å². The Kier molecular flexibility index (Phi) is 2.84. The van der Waals surface area contributed by atoms with Crippen LogP contribution in [0.5, 0.6) is 0 Å². The van der Waals surface area contributed by atoms with Crippen molar-refractivity contribution in [2.24, 2.45) is 0 Å². The van der Waals surface area contributed by atoms with Gasteiger partial charge in [-0.25, -0.2) is 13.8 Å². The number of hydrogen-bond acceptors (Lipinski definition) is 2. The maximum Gasteiger partial charge on any atom is 0.270 e. The van der Waals surface area contributed by atoms with Gasteiger partial charge in [-0.15, -0.1) is 0 Å². The number of H-pyrrole nitrogens is 1. The third-order valence-corrected chi connectivity index (χ3v) is 3.76. The molecule has 1 fully saturated rings. The van der Waals surface area contributed by atoms with Crippen LogP contribution in [-0.2, 0) is 6.42 Å². The fraction of sp³-hybridized carbons (Fsp3) is 0.429. The first-order valence-corrected chi connectivity index (χ1v) is 6.45. The van der Waals surface area contributed by atoms with E-state index in [9.17, 15) is 13.6 Å². The quantitative estimate of drug-likeness (QED) is 0.906. The molecule has 0 spiro atoms. The molecular weight excluding hydrogens is 250 g/mol. The fourth-order valence-corrected chi connectivity index (χ4v) is 2.50. The lowest BCUT2D eigenvalue weighted by molar-refractivity contribution is 0.176. The molecule has 1 aliphatic rings. The first kappa shape index (κ1) is 12.3. The molecule has 100 valence electrons. The number of aromatic amines is 1. The van der Waals surface area contributed by atoms with Gasteiger partial charge in [-0.2, -0.15) is 0 Å². The summed E-state index contributed by atoms with van der Waals surface area (Å²) in [5, 5.41) is 0. The molecule has 1 N–H and O–H groups in total. The number of aromatic nitrogens is 2. The van der Waals surface area contributed by atoms with Crippen molar-refractivity contribution in [3.63, 3.8) is 0 Å². The molecule has 3 nitrogen and oxygen atoms in total. The molecule has 0 atom stereocenters. The molecule has 0 radical (unpaired) electrons. The van der Waals surface area contributed by atoms with E-state index in [1.54, 1.807) is 12.1 Å². The molecule has 3 rings (SSSR count). The van der Waals surface area contributed by atoms with E-state index in [2.05, 4.69) is 9.97 Å². The normalized spacial score (nSPS) is 22.5. The average Bonchev–Trinajstić information content (AvgIpc) is 2.36. The second kappa shape index (κ2) is 4.40. The van der Waals surface area contributed by atoms with Gasteiger partial charge in [-0.3, -0.25) is 4.79 Å². The van der Waals surface area contributed by atoms with Crippen LogP contribution in [0.25, 0.3) is 11.0 Å². The summed E-state index contributed by atoms with van der Waals surface area (Å²) < 4.78 is 26.9. The van der Waals surface area contributed by atoms with Crippen LogP contribution in [0.1, 0.15) is 36.9 Å². The lowest BCUT2D eigenvalue weighted by Gasteiger charge is -2.28. The lowest BCUT2D eigenvalue weighted by atomic mass is 9.81. The van der Waals surface area contributed by atoms with Crippen molar-refractivity contribution >= 4 is 11.0 Å².